The van der Waals surface area contributed by atoms with E-state index in [1.54, 1.807) is 11.0 Å². The zero-order valence-corrected chi connectivity index (χ0v) is 14.4. The van der Waals surface area contributed by atoms with E-state index in [4.69, 9.17) is 16.3 Å². The lowest BCUT2D eigenvalue weighted by molar-refractivity contribution is 0.0793. The Kier molecular flexibility index (Phi) is 5.01. The molecule has 0 spiro atoms. The molecular weight excluding hydrogens is 330 g/mol. The van der Waals surface area contributed by atoms with Gasteiger partial charge in [-0.3, -0.25) is 9.89 Å². The van der Waals surface area contributed by atoms with Crippen LogP contribution in [0.25, 0.3) is 0 Å². The van der Waals surface area contributed by atoms with Crippen molar-refractivity contribution in [1.82, 2.24) is 15.2 Å². The molecule has 24 heavy (non-hydrogen) atoms. The summed E-state index contributed by atoms with van der Waals surface area (Å²) in [5, 5.41) is 10.3. The van der Waals surface area contributed by atoms with Gasteiger partial charge in [0.1, 0.15) is 5.82 Å². The molecule has 1 unspecified atom stereocenters. The van der Waals surface area contributed by atoms with E-state index in [2.05, 4.69) is 20.5 Å². The number of pyridine rings is 1. The van der Waals surface area contributed by atoms with Crippen LogP contribution in [0.4, 0.5) is 11.6 Å². The molecule has 1 atom stereocenters. The SMILES string of the molecule is CN(C)c1ncc(C(=O)Nc2cc(C3CCCOC3)[nH]n2)cc1Cl. The smallest absolute Gasteiger partial charge is 0.258 e. The number of aromatic nitrogens is 3. The van der Waals surface area contributed by atoms with Crippen LogP contribution >= 0.6 is 11.6 Å². The molecule has 128 valence electrons. The first-order chi connectivity index (χ1) is 11.5. The highest BCUT2D eigenvalue weighted by molar-refractivity contribution is 6.33. The molecule has 1 aliphatic heterocycles. The van der Waals surface area contributed by atoms with Crippen molar-refractivity contribution in [3.63, 3.8) is 0 Å². The van der Waals surface area contributed by atoms with Crippen LogP contribution in [0.3, 0.4) is 0 Å². The molecule has 2 N–H and O–H groups in total. The van der Waals surface area contributed by atoms with Crippen LogP contribution in [0.2, 0.25) is 5.02 Å². The maximum atomic E-state index is 12.3. The van der Waals surface area contributed by atoms with Crippen molar-refractivity contribution in [2.45, 2.75) is 18.8 Å². The Morgan fingerprint density at radius 3 is 2.96 bits per heavy atom. The number of anilines is 2. The number of ether oxygens (including phenoxy) is 1. The molecule has 0 saturated carbocycles. The molecule has 0 radical (unpaired) electrons. The van der Waals surface area contributed by atoms with Crippen molar-refractivity contribution in [3.8, 4) is 0 Å². The van der Waals surface area contributed by atoms with Crippen LogP contribution < -0.4 is 10.2 Å². The largest absolute Gasteiger partial charge is 0.381 e. The lowest BCUT2D eigenvalue weighted by atomic mass is 9.99. The zero-order chi connectivity index (χ0) is 17.1. The fourth-order valence-electron chi connectivity index (χ4n) is 2.67. The fourth-order valence-corrected chi connectivity index (χ4v) is 3.00. The number of rotatable bonds is 4. The summed E-state index contributed by atoms with van der Waals surface area (Å²) in [6.45, 7) is 1.49. The Morgan fingerprint density at radius 1 is 1.46 bits per heavy atom. The summed E-state index contributed by atoms with van der Waals surface area (Å²) in [6, 6.07) is 3.45. The Bertz CT molecular complexity index is 725. The predicted octanol–water partition coefficient (Wildman–Crippen LogP) is 2.67. The van der Waals surface area contributed by atoms with Gasteiger partial charge in [-0.2, -0.15) is 5.10 Å². The van der Waals surface area contributed by atoms with E-state index in [0.717, 1.165) is 25.1 Å². The number of hydrogen-bond acceptors (Lipinski definition) is 5. The van der Waals surface area contributed by atoms with Crippen molar-refractivity contribution in [3.05, 3.63) is 34.6 Å². The van der Waals surface area contributed by atoms with E-state index in [1.807, 2.05) is 20.2 Å². The van der Waals surface area contributed by atoms with Crippen molar-refractivity contribution >= 4 is 29.1 Å². The molecule has 2 aromatic rings. The second-order valence-electron chi connectivity index (χ2n) is 6.00. The molecule has 8 heteroatoms. The van der Waals surface area contributed by atoms with Gasteiger partial charge in [-0.1, -0.05) is 11.6 Å². The number of hydrogen-bond donors (Lipinski definition) is 2. The first kappa shape index (κ1) is 16.7. The highest BCUT2D eigenvalue weighted by Crippen LogP contribution is 2.26. The van der Waals surface area contributed by atoms with Crippen LogP contribution in [-0.4, -0.2) is 48.4 Å². The van der Waals surface area contributed by atoms with Crippen LogP contribution in [0.1, 0.15) is 34.8 Å². The van der Waals surface area contributed by atoms with E-state index in [1.165, 1.54) is 6.20 Å². The number of amides is 1. The molecule has 3 heterocycles. The van der Waals surface area contributed by atoms with Crippen LogP contribution in [0, 0.1) is 0 Å². The third-order valence-electron chi connectivity index (χ3n) is 3.95. The molecular formula is C16H20ClN5O2. The summed E-state index contributed by atoms with van der Waals surface area (Å²) in [5.74, 6) is 1.10. The maximum absolute atomic E-state index is 12.3. The van der Waals surface area contributed by atoms with Gasteiger partial charge in [0, 0.05) is 44.6 Å². The number of carbonyl (C=O) groups excluding carboxylic acids is 1. The summed E-state index contributed by atoms with van der Waals surface area (Å²) in [4.78, 5) is 18.3. The van der Waals surface area contributed by atoms with Gasteiger partial charge in [0.2, 0.25) is 0 Å². The van der Waals surface area contributed by atoms with E-state index in [9.17, 15) is 4.79 Å². The molecule has 2 aromatic heterocycles. The maximum Gasteiger partial charge on any atom is 0.258 e. The molecule has 3 rings (SSSR count). The minimum absolute atomic E-state index is 0.298. The van der Waals surface area contributed by atoms with Crippen LogP contribution in [0.15, 0.2) is 18.3 Å². The third kappa shape index (κ3) is 3.68. The van der Waals surface area contributed by atoms with E-state index < -0.39 is 0 Å². The molecule has 1 saturated heterocycles. The van der Waals surface area contributed by atoms with Gasteiger partial charge in [0.15, 0.2) is 5.82 Å². The third-order valence-corrected chi connectivity index (χ3v) is 4.23. The Balaban J connectivity index is 1.68. The van der Waals surface area contributed by atoms with Crippen LogP contribution in [-0.2, 0) is 4.74 Å². The van der Waals surface area contributed by atoms with E-state index in [-0.39, 0.29) is 5.91 Å². The quantitative estimate of drug-likeness (QED) is 0.886. The van der Waals surface area contributed by atoms with Crippen molar-refractivity contribution < 1.29 is 9.53 Å². The average Bonchev–Trinajstić information content (AvgIpc) is 3.03. The van der Waals surface area contributed by atoms with Crippen molar-refractivity contribution in [2.24, 2.45) is 0 Å². The topological polar surface area (TPSA) is 83.1 Å². The molecule has 1 fully saturated rings. The zero-order valence-electron chi connectivity index (χ0n) is 13.7. The number of halogens is 1. The number of nitrogens with one attached hydrogen (secondary N) is 2. The molecule has 1 aliphatic rings. The number of nitrogens with zero attached hydrogens (tertiary/aromatic N) is 3. The Morgan fingerprint density at radius 2 is 2.29 bits per heavy atom. The van der Waals surface area contributed by atoms with Gasteiger partial charge in [-0.15, -0.1) is 0 Å². The van der Waals surface area contributed by atoms with Gasteiger partial charge in [-0.25, -0.2) is 4.98 Å². The summed E-state index contributed by atoms with van der Waals surface area (Å²) < 4.78 is 5.48. The summed E-state index contributed by atoms with van der Waals surface area (Å²) in [5.41, 5.74) is 1.36. The second kappa shape index (κ2) is 7.19. The minimum Gasteiger partial charge on any atom is -0.381 e. The van der Waals surface area contributed by atoms with Gasteiger partial charge >= 0.3 is 0 Å². The first-order valence-electron chi connectivity index (χ1n) is 7.82. The number of aromatic amines is 1. The fraction of sp³-hybridized carbons (Fsp3) is 0.438. The van der Waals surface area contributed by atoms with Gasteiger partial charge < -0.3 is 15.0 Å². The lowest BCUT2D eigenvalue weighted by Crippen LogP contribution is -2.16. The second-order valence-corrected chi connectivity index (χ2v) is 6.41. The lowest BCUT2D eigenvalue weighted by Gasteiger charge is -2.20. The number of carbonyl (C=O) groups is 1. The van der Waals surface area contributed by atoms with Crippen molar-refractivity contribution in [2.75, 3.05) is 37.5 Å². The summed E-state index contributed by atoms with van der Waals surface area (Å²) in [6.07, 6.45) is 3.59. The predicted molar refractivity (Wildman–Crippen MR) is 92.9 cm³/mol. The molecule has 1 amide bonds. The molecule has 7 nitrogen and oxygen atoms in total. The molecule has 0 aromatic carbocycles. The Hall–Kier alpha value is -2.12. The molecule has 0 aliphatic carbocycles. The summed E-state index contributed by atoms with van der Waals surface area (Å²) in [7, 11) is 3.68. The number of H-pyrrole nitrogens is 1. The highest BCUT2D eigenvalue weighted by Gasteiger charge is 2.19. The van der Waals surface area contributed by atoms with Gasteiger partial charge in [0.05, 0.1) is 17.2 Å². The van der Waals surface area contributed by atoms with Crippen molar-refractivity contribution in [1.29, 1.82) is 0 Å². The molecule has 0 bridgehead atoms. The highest BCUT2D eigenvalue weighted by atomic mass is 35.5. The van der Waals surface area contributed by atoms with E-state index in [0.29, 0.717) is 34.7 Å². The first-order valence-corrected chi connectivity index (χ1v) is 8.19. The Labute approximate surface area is 145 Å². The summed E-state index contributed by atoms with van der Waals surface area (Å²) >= 11 is 6.16. The average molecular weight is 350 g/mol. The minimum atomic E-state index is -0.298. The van der Waals surface area contributed by atoms with E-state index >= 15 is 0 Å². The standard InChI is InChI=1S/C16H20ClN5O2/c1-22(2)15-12(17)6-11(8-18-15)16(23)19-14-7-13(20-21-14)10-4-3-5-24-9-10/h6-8,10H,3-5,9H2,1-2H3,(H2,19,20,21,23). The normalized spacial score (nSPS) is 17.5. The van der Waals surface area contributed by atoms with Gasteiger partial charge in [0.25, 0.3) is 5.91 Å². The monoisotopic (exact) mass is 349 g/mol. The van der Waals surface area contributed by atoms with Crippen LogP contribution in [0.5, 0.6) is 0 Å². The van der Waals surface area contributed by atoms with Gasteiger partial charge in [-0.05, 0) is 18.9 Å².